The molecule has 12 nitrogen and oxygen atoms in total. The summed E-state index contributed by atoms with van der Waals surface area (Å²) in [6, 6.07) is 4.19. The maximum atomic E-state index is 12.6. The predicted octanol–water partition coefficient (Wildman–Crippen LogP) is 0.705. The number of ether oxygens (including phenoxy) is 5. The quantitative estimate of drug-likeness (QED) is 0.316. The van der Waals surface area contributed by atoms with Gasteiger partial charge < -0.3 is 23.7 Å². The van der Waals surface area contributed by atoms with Crippen molar-refractivity contribution < 1.29 is 42.9 Å². The lowest BCUT2D eigenvalue weighted by Crippen LogP contribution is -2.45. The zero-order chi connectivity index (χ0) is 27.2. The topological polar surface area (TPSA) is 134 Å². The van der Waals surface area contributed by atoms with Crippen LogP contribution in [-0.4, -0.2) is 105 Å². The second-order valence-corrected chi connectivity index (χ2v) is 8.48. The second-order valence-electron chi connectivity index (χ2n) is 8.48. The lowest BCUT2D eigenvalue weighted by atomic mass is 10.1. The van der Waals surface area contributed by atoms with Gasteiger partial charge in [-0.3, -0.25) is 34.0 Å². The number of aromatic nitrogens is 1. The molecule has 0 radical (unpaired) electrons. The van der Waals surface area contributed by atoms with Crippen molar-refractivity contribution in [3.8, 4) is 0 Å². The molecule has 0 N–H and O–H groups in total. The van der Waals surface area contributed by atoms with Crippen LogP contribution >= 0.6 is 0 Å². The highest BCUT2D eigenvalue weighted by Crippen LogP contribution is 2.18. The van der Waals surface area contributed by atoms with Crippen LogP contribution in [0.1, 0.15) is 37.1 Å². The molecule has 0 aromatic carbocycles. The molecule has 0 saturated carbocycles. The normalized spacial score (nSPS) is 16.9. The Morgan fingerprint density at radius 1 is 0.784 bits per heavy atom. The van der Waals surface area contributed by atoms with Gasteiger partial charge in [0.15, 0.2) is 0 Å². The van der Waals surface area contributed by atoms with Gasteiger partial charge in [0.1, 0.15) is 12.1 Å². The van der Waals surface area contributed by atoms with Crippen LogP contribution in [0, 0.1) is 0 Å². The predicted molar refractivity (Wildman–Crippen MR) is 130 cm³/mol. The Hall–Kier alpha value is -3.09. The van der Waals surface area contributed by atoms with Crippen LogP contribution in [0.5, 0.6) is 0 Å². The summed E-state index contributed by atoms with van der Waals surface area (Å²) in [5.41, 5.74) is 1.41. The number of esters is 4. The third-order valence-electron chi connectivity index (χ3n) is 6.17. The minimum Gasteiger partial charge on any atom is -0.469 e. The van der Waals surface area contributed by atoms with E-state index in [1.807, 2.05) is 28.0 Å². The zero-order valence-electron chi connectivity index (χ0n) is 22.0. The van der Waals surface area contributed by atoms with Crippen LogP contribution in [0.15, 0.2) is 18.2 Å². The van der Waals surface area contributed by atoms with Crippen LogP contribution in [0.4, 0.5) is 0 Å². The molecule has 37 heavy (non-hydrogen) atoms. The summed E-state index contributed by atoms with van der Waals surface area (Å²) < 4.78 is 25.3. The lowest BCUT2D eigenvalue weighted by Gasteiger charge is -2.32. The highest BCUT2D eigenvalue weighted by Gasteiger charge is 2.30. The lowest BCUT2D eigenvalue weighted by molar-refractivity contribution is -0.150. The minimum atomic E-state index is -0.681. The third kappa shape index (κ3) is 9.71. The van der Waals surface area contributed by atoms with E-state index in [4.69, 9.17) is 28.7 Å². The molecule has 206 valence electrons. The number of fused-ring (bicyclic) bond motifs is 2. The first-order valence-corrected chi connectivity index (χ1v) is 12.1. The van der Waals surface area contributed by atoms with Crippen LogP contribution in [-0.2, 0) is 56.0 Å². The van der Waals surface area contributed by atoms with Crippen LogP contribution in [0.3, 0.4) is 0 Å². The first-order valence-electron chi connectivity index (χ1n) is 12.1. The summed E-state index contributed by atoms with van der Waals surface area (Å²) in [4.78, 5) is 57.1. The molecule has 2 atom stereocenters. The van der Waals surface area contributed by atoms with E-state index in [-0.39, 0.29) is 25.7 Å². The smallest absolute Gasteiger partial charge is 0.323 e. The standard InChI is InChI=1S/C25H37N3O9/c1-33-22(29)10-8-20(24(31)35-3)27-12-14-37-15-13-28(17-19-7-5-6-18(16-27)26-19)21(25(32)36-4)9-11-23(30)34-2/h5-7,20-21H,8-17H2,1-4H3/t20-,21-/m1/s1. The highest BCUT2D eigenvalue weighted by molar-refractivity contribution is 5.78. The van der Waals surface area contributed by atoms with Gasteiger partial charge in [-0.2, -0.15) is 0 Å². The van der Waals surface area contributed by atoms with Crippen molar-refractivity contribution in [1.82, 2.24) is 14.8 Å². The molecule has 1 aliphatic rings. The number of hydrogen-bond acceptors (Lipinski definition) is 12. The molecule has 0 unspecified atom stereocenters. The minimum absolute atomic E-state index is 0.0660. The Morgan fingerprint density at radius 2 is 1.22 bits per heavy atom. The maximum absolute atomic E-state index is 12.6. The summed E-state index contributed by atoms with van der Waals surface area (Å²) in [7, 11) is 5.23. The first-order chi connectivity index (χ1) is 17.8. The fraction of sp³-hybridized carbons (Fsp3) is 0.640. The summed E-state index contributed by atoms with van der Waals surface area (Å²) >= 11 is 0. The van der Waals surface area contributed by atoms with Gasteiger partial charge in [-0.1, -0.05) is 6.07 Å². The molecule has 12 heteroatoms. The van der Waals surface area contributed by atoms with Gasteiger partial charge >= 0.3 is 23.9 Å². The summed E-state index contributed by atoms with van der Waals surface area (Å²) in [5, 5.41) is 0. The zero-order valence-corrected chi connectivity index (χ0v) is 22.0. The van der Waals surface area contributed by atoms with E-state index in [1.54, 1.807) is 0 Å². The highest BCUT2D eigenvalue weighted by atomic mass is 16.5. The van der Waals surface area contributed by atoms with E-state index in [0.717, 1.165) is 0 Å². The van der Waals surface area contributed by atoms with Crippen LogP contribution in [0.2, 0.25) is 0 Å². The molecule has 0 amide bonds. The van der Waals surface area contributed by atoms with Gasteiger partial charge in [0, 0.05) is 39.0 Å². The van der Waals surface area contributed by atoms with E-state index >= 15 is 0 Å². The van der Waals surface area contributed by atoms with Gasteiger partial charge in [0.25, 0.3) is 0 Å². The molecule has 1 aromatic rings. The average molecular weight is 524 g/mol. The Balaban J connectivity index is 2.29. The van der Waals surface area contributed by atoms with E-state index in [0.29, 0.717) is 50.8 Å². The number of carbonyl (C=O) groups is 4. The van der Waals surface area contributed by atoms with Crippen molar-refractivity contribution in [2.24, 2.45) is 0 Å². The molecule has 0 aliphatic carbocycles. The number of pyridine rings is 1. The molecule has 0 fully saturated rings. The van der Waals surface area contributed by atoms with Gasteiger partial charge in [-0.15, -0.1) is 0 Å². The largest absolute Gasteiger partial charge is 0.469 e. The van der Waals surface area contributed by atoms with E-state index in [1.165, 1.54) is 28.4 Å². The van der Waals surface area contributed by atoms with Crippen LogP contribution < -0.4 is 0 Å². The van der Waals surface area contributed by atoms with Crippen molar-refractivity contribution in [2.45, 2.75) is 50.9 Å². The fourth-order valence-corrected chi connectivity index (χ4v) is 4.16. The van der Waals surface area contributed by atoms with Gasteiger partial charge in [-0.05, 0) is 25.0 Å². The Morgan fingerprint density at radius 3 is 1.59 bits per heavy atom. The van der Waals surface area contributed by atoms with Crippen molar-refractivity contribution in [3.63, 3.8) is 0 Å². The van der Waals surface area contributed by atoms with Crippen molar-refractivity contribution >= 4 is 23.9 Å². The Labute approximate surface area is 217 Å². The molecular weight excluding hydrogens is 486 g/mol. The van der Waals surface area contributed by atoms with Crippen molar-refractivity contribution in [1.29, 1.82) is 0 Å². The first kappa shape index (κ1) is 30.1. The molecule has 2 rings (SSSR count). The number of nitrogens with zero attached hydrogens (tertiary/aromatic N) is 3. The van der Waals surface area contributed by atoms with Gasteiger partial charge in [0.05, 0.1) is 53.0 Å². The maximum Gasteiger partial charge on any atom is 0.323 e. The average Bonchev–Trinajstić information content (AvgIpc) is 2.91. The molecule has 0 saturated heterocycles. The molecule has 2 bridgehead atoms. The van der Waals surface area contributed by atoms with Crippen LogP contribution in [0.25, 0.3) is 0 Å². The molecule has 1 aromatic heterocycles. The van der Waals surface area contributed by atoms with Gasteiger partial charge in [0.2, 0.25) is 0 Å². The Kier molecular flexibility index (Phi) is 12.9. The summed E-state index contributed by atoms with van der Waals surface area (Å²) in [6.45, 7) is 2.00. The van der Waals surface area contributed by atoms with Gasteiger partial charge in [-0.25, -0.2) is 0 Å². The molecular formula is C25H37N3O9. The molecule has 1 aliphatic heterocycles. The molecule has 2 heterocycles. The van der Waals surface area contributed by atoms with E-state index in [9.17, 15) is 19.2 Å². The number of rotatable bonds is 10. The van der Waals surface area contributed by atoms with Crippen molar-refractivity contribution in [2.75, 3.05) is 54.7 Å². The van der Waals surface area contributed by atoms with E-state index in [2.05, 4.69) is 0 Å². The summed E-state index contributed by atoms with van der Waals surface area (Å²) in [5.74, 6) is -1.73. The third-order valence-corrected chi connectivity index (χ3v) is 6.17. The SMILES string of the molecule is COC(=O)CC[C@H](C(=O)OC)N1CCOCCN([C@H](CCC(=O)OC)C(=O)OC)Cc2cccc(n2)C1. The Bertz CT molecular complexity index is 844. The van der Waals surface area contributed by atoms with Crippen molar-refractivity contribution in [3.05, 3.63) is 29.6 Å². The van der Waals surface area contributed by atoms with E-state index < -0.39 is 36.0 Å². The number of carbonyl (C=O) groups excluding carboxylic acids is 4. The number of methoxy groups -OCH3 is 4. The number of hydrogen-bond donors (Lipinski definition) is 0. The fourth-order valence-electron chi connectivity index (χ4n) is 4.16. The monoisotopic (exact) mass is 523 g/mol. The second kappa shape index (κ2) is 15.9. The molecule has 0 spiro atoms. The summed E-state index contributed by atoms with van der Waals surface area (Å²) in [6.07, 6.45) is 0.592.